The Hall–Kier alpha value is -4.78. The average Bonchev–Trinajstić information content (AvgIpc) is 3.52. The van der Waals surface area contributed by atoms with Gasteiger partial charge in [-0.25, -0.2) is 9.69 Å². The molecule has 6 rings (SSSR count). The molecule has 228 valence electrons. The molecule has 0 unspecified atom stereocenters. The summed E-state index contributed by atoms with van der Waals surface area (Å²) in [6.45, 7) is 0.0764. The Bertz CT molecular complexity index is 2170. The minimum absolute atomic E-state index is 0.00403. The van der Waals surface area contributed by atoms with E-state index in [0.29, 0.717) is 26.9 Å². The SMILES string of the molecule is COc1cc(/C=C2/SC(=O)N(c3ccccc3)C2=O)ccc1Oc1nc2c(c(=O)n(C)c(=O)n2C)n1Cc1ccc(Cl)cc1Cl. The third-order valence-corrected chi connectivity index (χ3v) is 8.61. The molecule has 2 amide bonds. The number of rotatable bonds is 7. The number of fused-ring (bicyclic) bond motifs is 1. The van der Waals surface area contributed by atoms with E-state index in [1.807, 2.05) is 0 Å². The summed E-state index contributed by atoms with van der Waals surface area (Å²) >= 11 is 13.4. The van der Waals surface area contributed by atoms with Crippen molar-refractivity contribution in [1.82, 2.24) is 18.7 Å². The topological polar surface area (TPSA) is 118 Å². The van der Waals surface area contributed by atoms with E-state index in [9.17, 15) is 19.2 Å². The number of carbonyl (C=O) groups excluding carboxylic acids is 2. The van der Waals surface area contributed by atoms with Gasteiger partial charge in [-0.2, -0.15) is 4.98 Å². The number of hydrogen-bond acceptors (Lipinski definition) is 8. The number of thioether (sulfide) groups is 1. The van der Waals surface area contributed by atoms with Crippen molar-refractivity contribution >= 4 is 69.0 Å². The maximum atomic E-state index is 13.3. The van der Waals surface area contributed by atoms with Crippen molar-refractivity contribution in [3.05, 3.63) is 114 Å². The normalized spacial score (nSPS) is 14.2. The number of hydrogen-bond donors (Lipinski definition) is 0. The van der Waals surface area contributed by atoms with Gasteiger partial charge in [0.2, 0.25) is 0 Å². The van der Waals surface area contributed by atoms with E-state index in [1.165, 1.54) is 30.3 Å². The summed E-state index contributed by atoms with van der Waals surface area (Å²) in [6, 6.07) is 18.6. The number of benzene rings is 3. The molecule has 0 N–H and O–H groups in total. The van der Waals surface area contributed by atoms with Gasteiger partial charge in [-0.1, -0.05) is 53.5 Å². The summed E-state index contributed by atoms with van der Waals surface area (Å²) in [5.74, 6) is 0.0980. The van der Waals surface area contributed by atoms with Crippen LogP contribution in [0.15, 0.2) is 81.2 Å². The number of ether oxygens (including phenoxy) is 2. The molecule has 5 aromatic rings. The summed E-state index contributed by atoms with van der Waals surface area (Å²) in [4.78, 5) is 57.6. The first kappa shape index (κ1) is 30.3. The number of nitrogens with zero attached hydrogens (tertiary/aromatic N) is 5. The fourth-order valence-corrected chi connectivity index (χ4v) is 6.16. The molecule has 0 bridgehead atoms. The van der Waals surface area contributed by atoms with Gasteiger partial charge in [-0.3, -0.25) is 28.1 Å². The van der Waals surface area contributed by atoms with Crippen molar-refractivity contribution in [2.45, 2.75) is 6.54 Å². The van der Waals surface area contributed by atoms with Gasteiger partial charge in [0.05, 0.1) is 24.2 Å². The Labute approximate surface area is 269 Å². The van der Waals surface area contributed by atoms with Crippen LogP contribution in [0.1, 0.15) is 11.1 Å². The largest absolute Gasteiger partial charge is 0.493 e. The van der Waals surface area contributed by atoms with Gasteiger partial charge in [-0.15, -0.1) is 0 Å². The zero-order chi connectivity index (χ0) is 32.0. The molecule has 0 atom stereocenters. The second kappa shape index (κ2) is 12.0. The van der Waals surface area contributed by atoms with E-state index in [0.717, 1.165) is 21.2 Å². The number of halogens is 2. The highest BCUT2D eigenvalue weighted by Gasteiger charge is 2.36. The number of aromatic nitrogens is 4. The van der Waals surface area contributed by atoms with E-state index in [2.05, 4.69) is 4.98 Å². The Morgan fingerprint density at radius 1 is 0.911 bits per heavy atom. The number of aryl methyl sites for hydroxylation is 1. The molecule has 45 heavy (non-hydrogen) atoms. The lowest BCUT2D eigenvalue weighted by atomic mass is 10.2. The molecule has 1 aliphatic rings. The number of para-hydroxylation sites is 1. The number of carbonyl (C=O) groups is 2. The molecule has 14 heteroatoms. The van der Waals surface area contributed by atoms with Gasteiger partial charge in [-0.05, 0) is 65.4 Å². The van der Waals surface area contributed by atoms with Crippen LogP contribution in [-0.4, -0.2) is 36.9 Å². The maximum Gasteiger partial charge on any atom is 0.332 e. The molecule has 1 saturated heterocycles. The summed E-state index contributed by atoms with van der Waals surface area (Å²) in [6.07, 6.45) is 1.59. The zero-order valence-electron chi connectivity index (χ0n) is 24.0. The molecule has 1 fully saturated rings. The molecular weight excluding hydrogens is 641 g/mol. The fraction of sp³-hybridized carbons (Fsp3) is 0.129. The van der Waals surface area contributed by atoms with E-state index in [4.69, 9.17) is 32.7 Å². The van der Waals surface area contributed by atoms with Crippen LogP contribution >= 0.6 is 35.0 Å². The molecule has 3 aromatic carbocycles. The first-order valence-electron chi connectivity index (χ1n) is 13.4. The lowest BCUT2D eigenvalue weighted by molar-refractivity contribution is -0.113. The first-order valence-corrected chi connectivity index (χ1v) is 14.9. The molecule has 0 radical (unpaired) electrons. The number of amides is 2. The number of imide groups is 1. The summed E-state index contributed by atoms with van der Waals surface area (Å²) in [7, 11) is 4.34. The summed E-state index contributed by atoms with van der Waals surface area (Å²) < 4.78 is 15.6. The minimum atomic E-state index is -0.563. The van der Waals surface area contributed by atoms with Crippen LogP contribution in [0.2, 0.25) is 10.0 Å². The van der Waals surface area contributed by atoms with E-state index in [-0.39, 0.29) is 40.1 Å². The van der Waals surface area contributed by atoms with Crippen molar-refractivity contribution in [2.75, 3.05) is 12.0 Å². The molecule has 2 aromatic heterocycles. The number of anilines is 1. The van der Waals surface area contributed by atoms with Gasteiger partial charge in [0.15, 0.2) is 22.7 Å². The predicted molar refractivity (Wildman–Crippen MR) is 174 cm³/mol. The molecule has 0 spiro atoms. The summed E-state index contributed by atoms with van der Waals surface area (Å²) in [5, 5.41) is 0.420. The van der Waals surface area contributed by atoms with Crippen molar-refractivity contribution in [1.29, 1.82) is 0 Å². The van der Waals surface area contributed by atoms with Crippen molar-refractivity contribution in [3.63, 3.8) is 0 Å². The molecule has 11 nitrogen and oxygen atoms in total. The lowest BCUT2D eigenvalue weighted by Gasteiger charge is -2.14. The monoisotopic (exact) mass is 663 g/mol. The zero-order valence-corrected chi connectivity index (χ0v) is 26.3. The Morgan fingerprint density at radius 3 is 2.38 bits per heavy atom. The second-order valence-electron chi connectivity index (χ2n) is 9.96. The number of methoxy groups -OCH3 is 1. The third-order valence-electron chi connectivity index (χ3n) is 7.15. The quantitative estimate of drug-likeness (QED) is 0.200. The highest BCUT2D eigenvalue weighted by molar-refractivity contribution is 8.19. The van der Waals surface area contributed by atoms with E-state index < -0.39 is 22.4 Å². The third kappa shape index (κ3) is 5.52. The van der Waals surface area contributed by atoms with Crippen LogP contribution in [0.3, 0.4) is 0 Å². The predicted octanol–water partition coefficient (Wildman–Crippen LogP) is 5.83. The first-order chi connectivity index (χ1) is 21.6. The van der Waals surface area contributed by atoms with Crippen LogP contribution in [0.25, 0.3) is 17.2 Å². The molecule has 0 saturated carbocycles. The van der Waals surface area contributed by atoms with E-state index >= 15 is 0 Å². The molecular formula is C31H23Cl2N5O6S. The molecule has 0 aliphatic carbocycles. The van der Waals surface area contributed by atoms with Crippen molar-refractivity contribution in [2.24, 2.45) is 14.1 Å². The molecule has 3 heterocycles. The Kier molecular flexibility index (Phi) is 8.04. The fourth-order valence-electron chi connectivity index (χ4n) is 4.85. The summed E-state index contributed by atoms with van der Waals surface area (Å²) in [5.41, 5.74) is 0.834. The van der Waals surface area contributed by atoms with Crippen molar-refractivity contribution < 1.29 is 19.1 Å². The second-order valence-corrected chi connectivity index (χ2v) is 11.8. The van der Waals surface area contributed by atoms with Crippen LogP contribution in [-0.2, 0) is 25.4 Å². The minimum Gasteiger partial charge on any atom is -0.493 e. The van der Waals surface area contributed by atoms with Gasteiger partial charge < -0.3 is 9.47 Å². The van der Waals surface area contributed by atoms with Crippen LogP contribution in [0, 0.1) is 0 Å². The Balaban J connectivity index is 1.39. The van der Waals surface area contributed by atoms with Crippen LogP contribution < -0.4 is 25.6 Å². The van der Waals surface area contributed by atoms with Gasteiger partial charge >= 0.3 is 11.7 Å². The lowest BCUT2D eigenvalue weighted by Crippen LogP contribution is -2.37. The van der Waals surface area contributed by atoms with Crippen molar-refractivity contribution in [3.8, 4) is 17.5 Å². The van der Waals surface area contributed by atoms with Crippen LogP contribution in [0.4, 0.5) is 10.5 Å². The average molecular weight is 665 g/mol. The Morgan fingerprint density at radius 2 is 1.67 bits per heavy atom. The molecule has 1 aliphatic heterocycles. The highest BCUT2D eigenvalue weighted by Crippen LogP contribution is 2.38. The smallest absolute Gasteiger partial charge is 0.332 e. The van der Waals surface area contributed by atoms with Crippen LogP contribution in [0.5, 0.6) is 17.5 Å². The maximum absolute atomic E-state index is 13.3. The van der Waals surface area contributed by atoms with E-state index in [1.54, 1.807) is 72.8 Å². The standard InChI is InChI=1S/C31H23Cl2N5O6S/c1-35-26-25(28(40)36(2)30(35)41)37(16-18-10-11-19(32)15-21(18)33)29(34-26)44-22-12-9-17(13-23(22)43-3)14-24-27(39)38(31(42)45-24)20-7-5-4-6-8-20/h4-15H,16H2,1-3H3/b24-14+. The number of imidazole rings is 1. The van der Waals surface area contributed by atoms with Gasteiger partial charge in [0.1, 0.15) is 0 Å². The van der Waals surface area contributed by atoms with Gasteiger partial charge in [0.25, 0.3) is 16.7 Å². The van der Waals surface area contributed by atoms with Gasteiger partial charge in [0, 0.05) is 24.1 Å². The highest BCUT2D eigenvalue weighted by atomic mass is 35.5.